The van der Waals surface area contributed by atoms with E-state index in [0.717, 1.165) is 17.7 Å². The quantitative estimate of drug-likeness (QED) is 0.308. The Labute approximate surface area is 231 Å². The number of aryl methyl sites for hydroxylation is 1. The predicted octanol–water partition coefficient (Wildman–Crippen LogP) is 3.78. The number of hydrogen-bond donors (Lipinski definition) is 2. The average Bonchev–Trinajstić information content (AvgIpc) is 3.32. The molecule has 0 aliphatic rings. The number of oxazole rings is 1. The molecule has 0 aliphatic carbocycles. The van der Waals surface area contributed by atoms with Crippen LogP contribution in [0.2, 0.25) is 0 Å². The van der Waals surface area contributed by atoms with Crippen molar-refractivity contribution < 1.29 is 18.7 Å². The molecule has 4 aromatic rings. The lowest BCUT2D eigenvalue weighted by molar-refractivity contribution is 0.0945. The van der Waals surface area contributed by atoms with Gasteiger partial charge in [-0.05, 0) is 63.8 Å². The van der Waals surface area contributed by atoms with E-state index in [1.54, 1.807) is 38.1 Å². The number of likely N-dealkylation sites (N-methyl/N-ethyl adjacent to an activating group) is 1. The van der Waals surface area contributed by atoms with Crippen molar-refractivity contribution in [3.8, 4) is 22.7 Å². The van der Waals surface area contributed by atoms with Gasteiger partial charge in [0.15, 0.2) is 5.69 Å². The Kier molecular flexibility index (Phi) is 9.07. The average molecular weight is 545 g/mol. The fourth-order valence-corrected chi connectivity index (χ4v) is 3.91. The van der Waals surface area contributed by atoms with Crippen molar-refractivity contribution >= 4 is 17.7 Å². The van der Waals surface area contributed by atoms with Gasteiger partial charge >= 0.3 is 6.09 Å². The summed E-state index contributed by atoms with van der Waals surface area (Å²) in [6, 6.07) is 17.6. The van der Waals surface area contributed by atoms with E-state index in [2.05, 4.69) is 20.7 Å². The van der Waals surface area contributed by atoms with Crippen molar-refractivity contribution in [3.63, 3.8) is 0 Å². The summed E-state index contributed by atoms with van der Waals surface area (Å²) in [4.78, 5) is 43.1. The Hall–Kier alpha value is -4.77. The molecule has 0 unspecified atom stereocenters. The molecule has 0 radical (unpaired) electrons. The number of aromatic nitrogens is 3. The minimum absolute atomic E-state index is 0.220. The van der Waals surface area contributed by atoms with E-state index >= 15 is 0 Å². The molecule has 0 saturated carbocycles. The fourth-order valence-electron chi connectivity index (χ4n) is 3.91. The third kappa shape index (κ3) is 7.20. The van der Waals surface area contributed by atoms with Crippen LogP contribution in [-0.2, 0) is 11.3 Å². The summed E-state index contributed by atoms with van der Waals surface area (Å²) in [5.74, 6) is 0.507. The summed E-state index contributed by atoms with van der Waals surface area (Å²) < 4.78 is 12.0. The second-order valence-electron chi connectivity index (χ2n) is 9.32. The lowest BCUT2D eigenvalue weighted by atomic mass is 10.1. The zero-order valence-electron chi connectivity index (χ0n) is 22.9. The molecule has 2 aromatic carbocycles. The standard InChI is InChI=1S/C29H32N6O5/c1-5-39-29(38)31-23-8-6-7-20(17-23)18-35-25(36)14-13-24(33-35)21-9-11-22(12-10-21)28-32-26(19(2)40-28)27(37)30-15-16-34(3)4/h6-14,17H,5,15-16,18H2,1-4H3,(H,30,37)(H,31,38). The highest BCUT2D eigenvalue weighted by atomic mass is 16.5. The Morgan fingerprint density at radius 2 is 1.80 bits per heavy atom. The summed E-state index contributed by atoms with van der Waals surface area (Å²) in [6.45, 7) is 5.16. The number of ether oxygens (including phenoxy) is 1. The zero-order valence-corrected chi connectivity index (χ0v) is 22.9. The van der Waals surface area contributed by atoms with E-state index in [9.17, 15) is 14.4 Å². The Bertz CT molecular complexity index is 1540. The first-order valence-electron chi connectivity index (χ1n) is 12.9. The molecule has 0 saturated heterocycles. The highest BCUT2D eigenvalue weighted by Gasteiger charge is 2.18. The van der Waals surface area contributed by atoms with Crippen LogP contribution < -0.4 is 16.2 Å². The van der Waals surface area contributed by atoms with Gasteiger partial charge in [-0.25, -0.2) is 14.5 Å². The summed E-state index contributed by atoms with van der Waals surface area (Å²) in [5.41, 5.74) is 3.46. The molecule has 0 spiro atoms. The Balaban J connectivity index is 1.48. The number of carbonyl (C=O) groups is 2. The molecular weight excluding hydrogens is 512 g/mol. The highest BCUT2D eigenvalue weighted by Crippen LogP contribution is 2.25. The predicted molar refractivity (Wildman–Crippen MR) is 151 cm³/mol. The van der Waals surface area contributed by atoms with Crippen LogP contribution in [-0.4, -0.2) is 65.5 Å². The Morgan fingerprint density at radius 1 is 1.05 bits per heavy atom. The SMILES string of the molecule is CCOC(=O)Nc1cccc(Cn2nc(-c3ccc(-c4nc(C(=O)NCCN(C)C)c(C)o4)cc3)ccc2=O)c1. The van der Waals surface area contributed by atoms with Crippen molar-refractivity contribution in [2.45, 2.75) is 20.4 Å². The van der Waals surface area contributed by atoms with Crippen LogP contribution in [0.4, 0.5) is 10.5 Å². The summed E-state index contributed by atoms with van der Waals surface area (Å²) in [6.07, 6.45) is -0.542. The smallest absolute Gasteiger partial charge is 0.411 e. The van der Waals surface area contributed by atoms with Crippen LogP contribution in [0.25, 0.3) is 22.7 Å². The first-order valence-corrected chi connectivity index (χ1v) is 12.9. The zero-order chi connectivity index (χ0) is 28.6. The van der Waals surface area contributed by atoms with E-state index in [1.165, 1.54) is 10.7 Å². The first-order chi connectivity index (χ1) is 19.2. The number of carbonyl (C=O) groups excluding carboxylic acids is 2. The van der Waals surface area contributed by atoms with Crippen molar-refractivity contribution in [2.24, 2.45) is 0 Å². The minimum atomic E-state index is -0.542. The van der Waals surface area contributed by atoms with Gasteiger partial charge in [-0.3, -0.25) is 14.9 Å². The largest absolute Gasteiger partial charge is 0.450 e. The normalized spacial score (nSPS) is 10.9. The van der Waals surface area contributed by atoms with Gasteiger partial charge < -0.3 is 19.4 Å². The van der Waals surface area contributed by atoms with Gasteiger partial charge in [0.05, 0.1) is 18.8 Å². The molecule has 0 fully saturated rings. The second-order valence-corrected chi connectivity index (χ2v) is 9.32. The molecule has 208 valence electrons. The lowest BCUT2D eigenvalue weighted by Crippen LogP contribution is -2.31. The monoisotopic (exact) mass is 544 g/mol. The van der Waals surface area contributed by atoms with Crippen LogP contribution in [0.3, 0.4) is 0 Å². The summed E-state index contributed by atoms with van der Waals surface area (Å²) in [7, 11) is 3.87. The van der Waals surface area contributed by atoms with E-state index in [-0.39, 0.29) is 30.3 Å². The van der Waals surface area contributed by atoms with Crippen LogP contribution >= 0.6 is 0 Å². The highest BCUT2D eigenvalue weighted by molar-refractivity contribution is 5.93. The van der Waals surface area contributed by atoms with E-state index in [4.69, 9.17) is 9.15 Å². The summed E-state index contributed by atoms with van der Waals surface area (Å²) >= 11 is 0. The lowest BCUT2D eigenvalue weighted by Gasteiger charge is -2.10. The van der Waals surface area contributed by atoms with Gasteiger partial charge in [-0.1, -0.05) is 24.3 Å². The van der Waals surface area contributed by atoms with Gasteiger partial charge in [0.25, 0.3) is 11.5 Å². The molecule has 0 bridgehead atoms. The van der Waals surface area contributed by atoms with E-state index in [0.29, 0.717) is 35.1 Å². The number of nitrogens with one attached hydrogen (secondary N) is 2. The van der Waals surface area contributed by atoms with Gasteiger partial charge in [-0.15, -0.1) is 0 Å². The molecule has 40 heavy (non-hydrogen) atoms. The van der Waals surface area contributed by atoms with Crippen molar-refractivity contribution in [1.29, 1.82) is 0 Å². The van der Waals surface area contributed by atoms with E-state index in [1.807, 2.05) is 49.3 Å². The van der Waals surface area contributed by atoms with Crippen LogP contribution in [0.15, 0.2) is 69.9 Å². The van der Waals surface area contributed by atoms with Crippen molar-refractivity contribution in [2.75, 3.05) is 39.1 Å². The molecule has 2 N–H and O–H groups in total. The molecule has 0 aliphatic heterocycles. The molecule has 11 nitrogen and oxygen atoms in total. The molecule has 11 heteroatoms. The van der Waals surface area contributed by atoms with Crippen LogP contribution in [0, 0.1) is 6.92 Å². The number of nitrogens with zero attached hydrogens (tertiary/aromatic N) is 4. The number of amides is 2. The van der Waals surface area contributed by atoms with Gasteiger partial charge in [0.2, 0.25) is 5.89 Å². The van der Waals surface area contributed by atoms with Crippen molar-refractivity contribution in [3.05, 3.63) is 88.0 Å². The van der Waals surface area contributed by atoms with Crippen LogP contribution in [0.1, 0.15) is 28.7 Å². The summed E-state index contributed by atoms with van der Waals surface area (Å²) in [5, 5.41) is 10.0. The molecule has 2 aromatic heterocycles. The third-order valence-electron chi connectivity index (χ3n) is 5.93. The second kappa shape index (κ2) is 12.9. The maximum Gasteiger partial charge on any atom is 0.411 e. The maximum atomic E-state index is 12.5. The van der Waals surface area contributed by atoms with Gasteiger partial charge in [-0.2, -0.15) is 5.10 Å². The number of hydrogen-bond acceptors (Lipinski definition) is 8. The molecule has 0 atom stereocenters. The number of anilines is 1. The molecule has 2 heterocycles. The molecule has 4 rings (SSSR count). The molecule has 2 amide bonds. The molecular formula is C29H32N6O5. The Morgan fingerprint density at radius 3 is 2.52 bits per heavy atom. The number of rotatable bonds is 10. The van der Waals surface area contributed by atoms with Gasteiger partial charge in [0.1, 0.15) is 5.76 Å². The van der Waals surface area contributed by atoms with Gasteiger partial charge in [0, 0.05) is 36.0 Å². The number of benzene rings is 2. The fraction of sp³-hybridized carbons (Fsp3) is 0.276. The van der Waals surface area contributed by atoms with Crippen LogP contribution in [0.5, 0.6) is 0 Å². The van der Waals surface area contributed by atoms with Crippen molar-refractivity contribution in [1.82, 2.24) is 25.0 Å². The first kappa shape index (κ1) is 28.2. The van der Waals surface area contributed by atoms with E-state index < -0.39 is 6.09 Å². The minimum Gasteiger partial charge on any atom is -0.450 e. The topological polar surface area (TPSA) is 132 Å². The maximum absolute atomic E-state index is 12.5. The third-order valence-corrected chi connectivity index (χ3v) is 5.93.